The van der Waals surface area contributed by atoms with Gasteiger partial charge < -0.3 is 9.15 Å². The van der Waals surface area contributed by atoms with Crippen LogP contribution in [0.25, 0.3) is 22.1 Å². The van der Waals surface area contributed by atoms with E-state index in [0.29, 0.717) is 28.7 Å². The smallest absolute Gasteiger partial charge is 0.311 e. The van der Waals surface area contributed by atoms with Crippen LogP contribution in [0.1, 0.15) is 23.7 Å². The van der Waals surface area contributed by atoms with E-state index in [-0.39, 0.29) is 23.5 Å². The number of aromatic nitrogens is 1. The van der Waals surface area contributed by atoms with Gasteiger partial charge in [-0.1, -0.05) is 41.1 Å². The van der Waals surface area contributed by atoms with Crippen LogP contribution in [-0.4, -0.2) is 17.6 Å². The van der Waals surface area contributed by atoms with Crippen LogP contribution in [0.15, 0.2) is 67.5 Å². The molecule has 152 valence electrons. The van der Waals surface area contributed by atoms with E-state index in [0.717, 1.165) is 20.9 Å². The number of rotatable bonds is 5. The first-order valence-electron chi connectivity index (χ1n) is 9.72. The first kappa shape index (κ1) is 20.2. The highest BCUT2D eigenvalue weighted by Crippen LogP contribution is 2.33. The van der Waals surface area contributed by atoms with Crippen molar-refractivity contribution in [3.63, 3.8) is 0 Å². The lowest BCUT2D eigenvalue weighted by Crippen LogP contribution is -2.11. The van der Waals surface area contributed by atoms with E-state index in [1.807, 2.05) is 50.2 Å². The Balaban J connectivity index is 1.89. The lowest BCUT2D eigenvalue weighted by Gasteiger charge is -2.11. The highest BCUT2D eigenvalue weighted by molar-refractivity contribution is 7.99. The van der Waals surface area contributed by atoms with Gasteiger partial charge in [0.15, 0.2) is 0 Å². The monoisotopic (exact) mass is 419 g/mol. The van der Waals surface area contributed by atoms with Crippen LogP contribution in [0.2, 0.25) is 0 Å². The number of benzene rings is 2. The summed E-state index contributed by atoms with van der Waals surface area (Å²) >= 11 is 1.46. The predicted molar refractivity (Wildman–Crippen MR) is 118 cm³/mol. The Morgan fingerprint density at radius 2 is 1.77 bits per heavy atom. The summed E-state index contributed by atoms with van der Waals surface area (Å²) in [7, 11) is 0. The van der Waals surface area contributed by atoms with E-state index >= 15 is 0 Å². The Labute approximate surface area is 178 Å². The molecule has 0 saturated heterocycles. The average molecular weight is 420 g/mol. The molecule has 2 aromatic heterocycles. The fourth-order valence-corrected chi connectivity index (χ4v) is 4.15. The molecule has 4 rings (SSSR count). The predicted octanol–water partition coefficient (Wildman–Crippen LogP) is 5.21. The van der Waals surface area contributed by atoms with Crippen LogP contribution in [0.4, 0.5) is 0 Å². The quantitative estimate of drug-likeness (QED) is 0.326. The third-order valence-corrected chi connectivity index (χ3v) is 5.80. The van der Waals surface area contributed by atoms with Gasteiger partial charge in [0.25, 0.3) is 0 Å². The molecule has 2 aromatic carbocycles. The van der Waals surface area contributed by atoms with Crippen molar-refractivity contribution in [3.8, 4) is 0 Å². The molecule has 0 saturated carbocycles. The van der Waals surface area contributed by atoms with Crippen molar-refractivity contribution >= 4 is 39.8 Å². The maximum atomic E-state index is 13.1. The summed E-state index contributed by atoms with van der Waals surface area (Å²) in [6.07, 6.45) is 0.00756. The first-order valence-corrected chi connectivity index (χ1v) is 10.5. The molecule has 0 spiro atoms. The maximum Gasteiger partial charge on any atom is 0.311 e. The van der Waals surface area contributed by atoms with E-state index in [9.17, 15) is 9.59 Å². The van der Waals surface area contributed by atoms with E-state index in [4.69, 9.17) is 9.15 Å². The van der Waals surface area contributed by atoms with Gasteiger partial charge in [-0.05, 0) is 51.1 Å². The molecule has 0 N–H and O–H groups in total. The van der Waals surface area contributed by atoms with Gasteiger partial charge in [0.1, 0.15) is 5.58 Å². The minimum atomic E-state index is -0.367. The van der Waals surface area contributed by atoms with Crippen LogP contribution in [-0.2, 0) is 16.0 Å². The second-order valence-corrected chi connectivity index (χ2v) is 8.23. The molecule has 0 fully saturated rings. The van der Waals surface area contributed by atoms with Crippen LogP contribution in [0, 0.1) is 13.8 Å². The summed E-state index contributed by atoms with van der Waals surface area (Å²) in [6.45, 7) is 6.02. The van der Waals surface area contributed by atoms with Crippen molar-refractivity contribution < 1.29 is 13.9 Å². The summed E-state index contributed by atoms with van der Waals surface area (Å²) in [4.78, 5) is 31.6. The Kier molecular flexibility index (Phi) is 5.59. The topological polar surface area (TPSA) is 69.4 Å². The van der Waals surface area contributed by atoms with Crippen molar-refractivity contribution in [1.29, 1.82) is 0 Å². The van der Waals surface area contributed by atoms with Gasteiger partial charge in [0.2, 0.25) is 11.1 Å². The van der Waals surface area contributed by atoms with E-state index in [2.05, 4.69) is 4.98 Å². The molecule has 30 heavy (non-hydrogen) atoms. The summed E-state index contributed by atoms with van der Waals surface area (Å²) < 4.78 is 11.0. The highest BCUT2D eigenvalue weighted by atomic mass is 32.2. The van der Waals surface area contributed by atoms with Gasteiger partial charge in [-0.15, -0.1) is 0 Å². The van der Waals surface area contributed by atoms with E-state index in [1.165, 1.54) is 11.8 Å². The van der Waals surface area contributed by atoms with Gasteiger partial charge in [-0.3, -0.25) is 9.59 Å². The fraction of sp³-hybridized carbons (Fsp3) is 0.208. The Morgan fingerprint density at radius 3 is 2.50 bits per heavy atom. The largest absolute Gasteiger partial charge is 0.466 e. The first-order chi connectivity index (χ1) is 14.4. The van der Waals surface area contributed by atoms with Crippen molar-refractivity contribution in [2.45, 2.75) is 37.0 Å². The third-order valence-electron chi connectivity index (χ3n) is 4.72. The molecular weight excluding hydrogens is 398 g/mol. The van der Waals surface area contributed by atoms with Crippen LogP contribution >= 0.6 is 11.8 Å². The Morgan fingerprint density at radius 1 is 1.03 bits per heavy atom. The number of pyridine rings is 1. The number of aryl methyl sites for hydroxylation is 2. The number of ether oxygens (including phenoxy) is 1. The summed E-state index contributed by atoms with van der Waals surface area (Å²) in [5.74, 6) is -0.367. The summed E-state index contributed by atoms with van der Waals surface area (Å²) in [6, 6.07) is 15.3. The molecule has 0 aliphatic carbocycles. The minimum absolute atomic E-state index is 0.00756. The van der Waals surface area contributed by atoms with Crippen LogP contribution in [0.5, 0.6) is 0 Å². The minimum Gasteiger partial charge on any atom is -0.466 e. The number of fused-ring (bicyclic) bond motifs is 2. The third kappa shape index (κ3) is 4.09. The van der Waals surface area contributed by atoms with Crippen LogP contribution in [0.3, 0.4) is 0 Å². The number of esters is 1. The van der Waals surface area contributed by atoms with Crippen LogP contribution < -0.4 is 5.43 Å². The average Bonchev–Trinajstić information content (AvgIpc) is 2.71. The lowest BCUT2D eigenvalue weighted by molar-refractivity contribution is -0.142. The molecule has 0 aliphatic rings. The van der Waals surface area contributed by atoms with E-state index in [1.54, 1.807) is 19.1 Å². The number of hydrogen-bond donors (Lipinski definition) is 0. The Bertz CT molecular complexity index is 1310. The second kappa shape index (κ2) is 8.32. The second-order valence-electron chi connectivity index (χ2n) is 7.11. The summed E-state index contributed by atoms with van der Waals surface area (Å²) in [5.41, 5.74) is 3.24. The van der Waals surface area contributed by atoms with Gasteiger partial charge in [0, 0.05) is 9.79 Å². The molecule has 0 aliphatic heterocycles. The molecule has 5 nitrogen and oxygen atoms in total. The lowest BCUT2D eigenvalue weighted by atomic mass is 10.1. The van der Waals surface area contributed by atoms with Gasteiger partial charge >= 0.3 is 5.97 Å². The van der Waals surface area contributed by atoms with Gasteiger partial charge in [0.05, 0.1) is 29.5 Å². The standard InChI is InChI=1S/C24H21NO4S/c1-4-28-22(26)13-19-21(30-16-8-5-14(2)6-9-16)12-18-23(27)17-11-15(3)7-10-20(17)29-24(18)25-19/h5-12H,4,13H2,1-3H3. The number of carbonyl (C=O) groups is 1. The fourth-order valence-electron chi connectivity index (χ4n) is 3.21. The molecule has 6 heteroatoms. The highest BCUT2D eigenvalue weighted by Gasteiger charge is 2.17. The molecule has 0 atom stereocenters. The molecular formula is C24H21NO4S. The zero-order valence-electron chi connectivity index (χ0n) is 17.0. The van der Waals surface area contributed by atoms with Crippen molar-refractivity contribution in [3.05, 3.63) is 75.6 Å². The van der Waals surface area contributed by atoms with E-state index < -0.39 is 0 Å². The van der Waals surface area contributed by atoms with Gasteiger partial charge in [-0.25, -0.2) is 4.98 Å². The molecule has 0 unspecified atom stereocenters. The molecule has 0 bridgehead atoms. The number of hydrogen-bond acceptors (Lipinski definition) is 6. The maximum absolute atomic E-state index is 13.1. The van der Waals surface area contributed by atoms with Crippen molar-refractivity contribution in [1.82, 2.24) is 4.98 Å². The SMILES string of the molecule is CCOC(=O)Cc1nc2oc3ccc(C)cc3c(=O)c2cc1Sc1ccc(C)cc1. The molecule has 0 radical (unpaired) electrons. The number of carbonyl (C=O) groups excluding carboxylic acids is 1. The van der Waals surface area contributed by atoms with Crippen molar-refractivity contribution in [2.24, 2.45) is 0 Å². The Hall–Kier alpha value is -3.12. The number of nitrogens with zero attached hydrogens (tertiary/aromatic N) is 1. The van der Waals surface area contributed by atoms with Crippen molar-refractivity contribution in [2.75, 3.05) is 6.61 Å². The normalized spacial score (nSPS) is 11.2. The molecule has 2 heterocycles. The zero-order chi connectivity index (χ0) is 21.3. The molecule has 4 aromatic rings. The summed E-state index contributed by atoms with van der Waals surface area (Å²) in [5, 5.41) is 0.920. The zero-order valence-corrected chi connectivity index (χ0v) is 17.8. The van der Waals surface area contributed by atoms with Gasteiger partial charge in [-0.2, -0.15) is 0 Å². The molecule has 0 amide bonds.